The Morgan fingerprint density at radius 3 is 2.07 bits per heavy atom. The Balaban J connectivity index is 2.61. The lowest BCUT2D eigenvalue weighted by molar-refractivity contribution is 0.148. The lowest BCUT2D eigenvalue weighted by Crippen LogP contribution is -2.51. The summed E-state index contributed by atoms with van der Waals surface area (Å²) < 4.78 is 38.4. The van der Waals surface area contributed by atoms with Gasteiger partial charge in [-0.25, -0.2) is 8.42 Å². The van der Waals surface area contributed by atoms with Crippen molar-refractivity contribution in [3.63, 3.8) is 0 Å². The van der Waals surface area contributed by atoms with Gasteiger partial charge in [0.2, 0.25) is 0 Å². The molecule has 0 aromatic heterocycles. The number of hydrogen-bond donors (Lipinski definition) is 0. The lowest BCUT2D eigenvalue weighted by Gasteiger charge is -2.26. The maximum absolute atomic E-state index is 11.3. The fourth-order valence-electron chi connectivity index (χ4n) is 1.59. The molecular formula is C7H16O5SSi2. The molecule has 1 rings (SSSR count). The van der Waals surface area contributed by atoms with Gasteiger partial charge in [0.1, 0.15) is 18.9 Å². The molecule has 15 heavy (non-hydrogen) atoms. The van der Waals surface area contributed by atoms with E-state index in [0.29, 0.717) is 15.5 Å². The Bertz CT molecular complexity index is 292. The summed E-state index contributed by atoms with van der Waals surface area (Å²) in [5, 5.41) is 0. The zero-order valence-electron chi connectivity index (χ0n) is 9.15. The second-order valence-corrected chi connectivity index (χ2v) is 11.8. The topological polar surface area (TPSA) is 61.8 Å². The lowest BCUT2D eigenvalue weighted by atomic mass is 10.4. The molecule has 0 spiro atoms. The molecule has 8 heteroatoms. The van der Waals surface area contributed by atoms with Gasteiger partial charge >= 0.3 is 8.32 Å². The molecule has 1 aliphatic rings. The second-order valence-electron chi connectivity index (χ2n) is 3.41. The molecule has 1 atom stereocenters. The van der Waals surface area contributed by atoms with E-state index in [1.54, 1.807) is 21.3 Å². The quantitative estimate of drug-likeness (QED) is 0.639. The van der Waals surface area contributed by atoms with Gasteiger partial charge in [-0.2, -0.15) is 0 Å². The van der Waals surface area contributed by atoms with Crippen LogP contribution in [0, 0.1) is 0 Å². The molecule has 1 aliphatic heterocycles. The monoisotopic (exact) mass is 268 g/mol. The van der Waals surface area contributed by atoms with E-state index < -0.39 is 18.2 Å². The molecule has 0 aliphatic carbocycles. The molecule has 1 fully saturated rings. The van der Waals surface area contributed by atoms with Crippen LogP contribution in [0.15, 0.2) is 0 Å². The number of hydrogen-bond acceptors (Lipinski definition) is 5. The minimum atomic E-state index is -2.83. The predicted octanol–water partition coefficient (Wildman–Crippen LogP) is -0.328. The normalized spacial score (nSPS) is 25.7. The van der Waals surface area contributed by atoms with E-state index in [4.69, 9.17) is 13.3 Å². The van der Waals surface area contributed by atoms with Gasteiger partial charge in [-0.15, -0.1) is 0 Å². The van der Waals surface area contributed by atoms with Crippen LogP contribution in [0.1, 0.15) is 6.42 Å². The summed E-state index contributed by atoms with van der Waals surface area (Å²) in [6.45, 7) is 0. The maximum atomic E-state index is 11.3. The first-order valence-electron chi connectivity index (χ1n) is 4.60. The van der Waals surface area contributed by atoms with Crippen LogP contribution in [-0.2, 0) is 23.1 Å². The SMILES string of the molecule is CO[Si](OC)(OC)[Si]C1CCS(=O)(=O)C1. The summed E-state index contributed by atoms with van der Waals surface area (Å²) in [6, 6.07) is 0. The molecule has 0 amide bonds. The van der Waals surface area contributed by atoms with Crippen LogP contribution < -0.4 is 0 Å². The first-order valence-corrected chi connectivity index (χ1v) is 10.2. The molecule has 1 saturated heterocycles. The Hall–Kier alpha value is 0.264. The van der Waals surface area contributed by atoms with E-state index in [9.17, 15) is 8.42 Å². The second kappa shape index (κ2) is 5.06. The van der Waals surface area contributed by atoms with Crippen molar-refractivity contribution >= 4 is 27.2 Å². The van der Waals surface area contributed by atoms with E-state index in [2.05, 4.69) is 0 Å². The van der Waals surface area contributed by atoms with Crippen LogP contribution in [0.4, 0.5) is 0 Å². The van der Waals surface area contributed by atoms with E-state index in [1.165, 1.54) is 0 Å². The molecule has 0 N–H and O–H groups in total. The third-order valence-electron chi connectivity index (χ3n) is 2.42. The molecule has 1 unspecified atom stereocenters. The summed E-state index contributed by atoms with van der Waals surface area (Å²) in [5.74, 6) is 0.530. The zero-order chi connectivity index (χ0) is 11.5. The van der Waals surface area contributed by atoms with Crippen molar-refractivity contribution in [2.45, 2.75) is 12.0 Å². The van der Waals surface area contributed by atoms with Gasteiger partial charge in [-0.3, -0.25) is 0 Å². The maximum Gasteiger partial charge on any atom is 0.463 e. The fourth-order valence-corrected chi connectivity index (χ4v) is 9.87. The van der Waals surface area contributed by atoms with Crippen molar-refractivity contribution in [1.29, 1.82) is 0 Å². The minimum Gasteiger partial charge on any atom is -0.380 e. The van der Waals surface area contributed by atoms with E-state index in [-0.39, 0.29) is 17.0 Å². The van der Waals surface area contributed by atoms with E-state index in [0.717, 1.165) is 0 Å². The molecule has 0 saturated carbocycles. The van der Waals surface area contributed by atoms with Gasteiger partial charge in [0.15, 0.2) is 0 Å². The van der Waals surface area contributed by atoms with Crippen molar-refractivity contribution in [2.75, 3.05) is 32.8 Å². The van der Waals surface area contributed by atoms with Gasteiger partial charge in [0.05, 0.1) is 11.5 Å². The molecule has 1 heterocycles. The first kappa shape index (κ1) is 13.3. The van der Waals surface area contributed by atoms with Crippen LogP contribution >= 0.6 is 0 Å². The van der Waals surface area contributed by atoms with Crippen LogP contribution in [0.25, 0.3) is 0 Å². The third-order valence-corrected chi connectivity index (χ3v) is 11.5. The van der Waals surface area contributed by atoms with Crippen LogP contribution in [-0.4, -0.2) is 58.6 Å². The molecule has 0 aromatic carbocycles. The molecule has 2 radical (unpaired) electrons. The Kier molecular flexibility index (Phi) is 4.50. The summed E-state index contributed by atoms with van der Waals surface area (Å²) >= 11 is 0. The molecule has 5 nitrogen and oxygen atoms in total. The molecule has 0 aromatic rings. The van der Waals surface area contributed by atoms with Crippen molar-refractivity contribution in [1.82, 2.24) is 0 Å². The predicted molar refractivity (Wildman–Crippen MR) is 59.6 cm³/mol. The number of rotatable bonds is 5. The average Bonchev–Trinajstić information content (AvgIpc) is 2.55. The summed E-state index contributed by atoms with van der Waals surface area (Å²) in [5.41, 5.74) is 0.140. The van der Waals surface area contributed by atoms with Gasteiger partial charge in [-0.05, 0) is 12.0 Å². The summed E-state index contributed by atoms with van der Waals surface area (Å²) in [7, 11) is -0.451. The summed E-state index contributed by atoms with van der Waals surface area (Å²) in [4.78, 5) is 0. The van der Waals surface area contributed by atoms with Crippen molar-refractivity contribution in [3.8, 4) is 0 Å². The third kappa shape index (κ3) is 3.36. The van der Waals surface area contributed by atoms with Gasteiger partial charge in [0.25, 0.3) is 0 Å². The Morgan fingerprint density at radius 1 is 1.20 bits per heavy atom. The van der Waals surface area contributed by atoms with Crippen LogP contribution in [0.3, 0.4) is 0 Å². The van der Waals surface area contributed by atoms with Crippen molar-refractivity contribution < 1.29 is 21.7 Å². The largest absolute Gasteiger partial charge is 0.463 e. The summed E-state index contributed by atoms with van der Waals surface area (Å²) in [6.07, 6.45) is 0.700. The van der Waals surface area contributed by atoms with Gasteiger partial charge < -0.3 is 13.3 Å². The highest BCUT2D eigenvalue weighted by molar-refractivity contribution is 7.91. The Labute approximate surface area is 94.0 Å². The molecular weight excluding hydrogens is 252 g/mol. The van der Waals surface area contributed by atoms with Gasteiger partial charge in [0, 0.05) is 21.3 Å². The van der Waals surface area contributed by atoms with Gasteiger partial charge in [-0.1, -0.05) is 0 Å². The van der Waals surface area contributed by atoms with Crippen LogP contribution in [0.5, 0.6) is 0 Å². The molecule has 88 valence electrons. The Morgan fingerprint density at radius 2 is 1.73 bits per heavy atom. The zero-order valence-corrected chi connectivity index (χ0v) is 12.0. The van der Waals surface area contributed by atoms with E-state index >= 15 is 0 Å². The average molecular weight is 268 g/mol. The van der Waals surface area contributed by atoms with Crippen LogP contribution in [0.2, 0.25) is 5.54 Å². The highest BCUT2D eigenvalue weighted by atomic mass is 32.2. The first-order chi connectivity index (χ1) is 6.97. The smallest absolute Gasteiger partial charge is 0.380 e. The molecule has 0 bridgehead atoms. The number of sulfone groups is 1. The highest BCUT2D eigenvalue weighted by Crippen LogP contribution is 2.26. The fraction of sp³-hybridized carbons (Fsp3) is 1.00. The van der Waals surface area contributed by atoms with E-state index in [1.807, 2.05) is 0 Å². The van der Waals surface area contributed by atoms with Crippen molar-refractivity contribution in [2.24, 2.45) is 0 Å². The standard InChI is InChI=1S/C7H16O5SSi2/c1-10-15(11-2,12-3)14-7-4-5-13(8,9)6-7/h7H,4-6H2,1-3H3. The van der Waals surface area contributed by atoms with Crippen molar-refractivity contribution in [3.05, 3.63) is 0 Å². The minimum absolute atomic E-state index is 0.140. The highest BCUT2D eigenvalue weighted by Gasteiger charge is 2.44.